The fourth-order valence-electron chi connectivity index (χ4n) is 1.84. The summed E-state index contributed by atoms with van der Waals surface area (Å²) < 4.78 is 0. The van der Waals surface area contributed by atoms with Crippen LogP contribution in [-0.4, -0.2) is 34.0 Å². The van der Waals surface area contributed by atoms with E-state index in [-0.39, 0.29) is 5.69 Å². The number of nitro groups is 1. The molecule has 0 spiro atoms. The Balaban J connectivity index is 2.35. The Labute approximate surface area is 103 Å². The Bertz CT molecular complexity index is 440. The molecule has 7 heteroatoms. The summed E-state index contributed by atoms with van der Waals surface area (Å²) in [6, 6.07) is 2.88. The Morgan fingerprint density at radius 2 is 2.41 bits per heavy atom. The van der Waals surface area contributed by atoms with E-state index in [2.05, 4.69) is 11.9 Å². The van der Waals surface area contributed by atoms with E-state index in [1.54, 1.807) is 0 Å². The van der Waals surface area contributed by atoms with E-state index < -0.39 is 4.92 Å². The fraction of sp³-hybridized carbons (Fsp3) is 0.500. The highest BCUT2D eigenvalue weighted by atomic mass is 32.2. The highest BCUT2D eigenvalue weighted by molar-refractivity contribution is 8.00. The monoisotopic (exact) mass is 254 g/mol. The van der Waals surface area contributed by atoms with Crippen LogP contribution in [0.15, 0.2) is 12.1 Å². The molecule has 1 aromatic rings. The molecule has 0 aliphatic carbocycles. The number of pyridine rings is 1. The molecule has 1 atom stereocenters. The predicted molar refractivity (Wildman–Crippen MR) is 69.4 cm³/mol. The highest BCUT2D eigenvalue weighted by Gasteiger charge is 2.25. The van der Waals surface area contributed by atoms with Gasteiger partial charge in [-0.25, -0.2) is 4.98 Å². The maximum Gasteiger partial charge on any atom is 0.311 e. The number of nitrogens with two attached hydrogens (primary N) is 1. The van der Waals surface area contributed by atoms with Crippen LogP contribution in [0.25, 0.3) is 0 Å². The number of aromatic nitrogens is 1. The summed E-state index contributed by atoms with van der Waals surface area (Å²) in [4.78, 5) is 16.6. The van der Waals surface area contributed by atoms with E-state index in [4.69, 9.17) is 5.73 Å². The van der Waals surface area contributed by atoms with Gasteiger partial charge in [0.05, 0.1) is 4.92 Å². The molecule has 1 unspecified atom stereocenters. The van der Waals surface area contributed by atoms with Crippen molar-refractivity contribution in [2.45, 2.75) is 12.2 Å². The molecule has 2 heterocycles. The average Bonchev–Trinajstić information content (AvgIpc) is 2.28. The Morgan fingerprint density at radius 3 is 3.06 bits per heavy atom. The number of nitrogen functional groups attached to an aromatic ring is 1. The highest BCUT2D eigenvalue weighted by Crippen LogP contribution is 2.30. The fourth-order valence-corrected chi connectivity index (χ4v) is 2.86. The molecule has 92 valence electrons. The molecule has 1 saturated heterocycles. The molecule has 1 aromatic heterocycles. The van der Waals surface area contributed by atoms with Crippen LogP contribution in [0.4, 0.5) is 17.3 Å². The lowest BCUT2D eigenvalue weighted by atomic mass is 10.3. The van der Waals surface area contributed by atoms with E-state index in [1.165, 1.54) is 12.1 Å². The first-order chi connectivity index (χ1) is 8.08. The van der Waals surface area contributed by atoms with E-state index in [0.29, 0.717) is 16.9 Å². The van der Waals surface area contributed by atoms with Crippen molar-refractivity contribution in [1.82, 2.24) is 4.98 Å². The number of nitrogens with zero attached hydrogens (tertiary/aromatic N) is 3. The van der Waals surface area contributed by atoms with Crippen LogP contribution in [0, 0.1) is 10.1 Å². The van der Waals surface area contributed by atoms with Crippen LogP contribution in [0.1, 0.15) is 6.92 Å². The maximum absolute atomic E-state index is 11.0. The summed E-state index contributed by atoms with van der Waals surface area (Å²) in [6.45, 7) is 3.64. The first kappa shape index (κ1) is 12.0. The minimum atomic E-state index is -0.409. The van der Waals surface area contributed by atoms with Crippen molar-refractivity contribution in [1.29, 1.82) is 0 Å². The first-order valence-corrected chi connectivity index (χ1v) is 6.40. The molecule has 0 saturated carbocycles. The lowest BCUT2D eigenvalue weighted by Gasteiger charge is -2.31. The van der Waals surface area contributed by atoms with Gasteiger partial charge >= 0.3 is 5.69 Å². The van der Waals surface area contributed by atoms with Crippen LogP contribution in [0.3, 0.4) is 0 Å². The largest absolute Gasteiger partial charge is 0.384 e. The molecule has 0 amide bonds. The van der Waals surface area contributed by atoms with Crippen LogP contribution >= 0.6 is 11.8 Å². The van der Waals surface area contributed by atoms with Crippen molar-refractivity contribution in [3.05, 3.63) is 22.2 Å². The van der Waals surface area contributed by atoms with Crippen LogP contribution in [0.5, 0.6) is 0 Å². The SMILES string of the molecule is CC1CN(c2nc(N)ccc2[N+](=O)[O-])CCS1. The van der Waals surface area contributed by atoms with Gasteiger partial charge in [0, 0.05) is 30.2 Å². The van der Waals surface area contributed by atoms with Gasteiger partial charge < -0.3 is 10.6 Å². The average molecular weight is 254 g/mol. The lowest BCUT2D eigenvalue weighted by Crippen LogP contribution is -2.37. The Hall–Kier alpha value is -1.50. The molecular formula is C10H14N4O2S. The van der Waals surface area contributed by atoms with Crippen molar-refractivity contribution >= 4 is 29.1 Å². The van der Waals surface area contributed by atoms with Crippen LogP contribution < -0.4 is 10.6 Å². The van der Waals surface area contributed by atoms with Crippen LogP contribution in [-0.2, 0) is 0 Å². The maximum atomic E-state index is 11.0. The van der Waals surface area contributed by atoms with E-state index in [9.17, 15) is 10.1 Å². The van der Waals surface area contributed by atoms with Gasteiger partial charge in [-0.15, -0.1) is 0 Å². The predicted octanol–water partition coefficient (Wildman–Crippen LogP) is 1.51. The molecule has 0 bridgehead atoms. The van der Waals surface area contributed by atoms with Gasteiger partial charge in [0.15, 0.2) is 0 Å². The minimum absolute atomic E-state index is 0.0262. The van der Waals surface area contributed by atoms with E-state index in [0.717, 1.165) is 18.8 Å². The van der Waals surface area contributed by atoms with Gasteiger partial charge in [-0.2, -0.15) is 11.8 Å². The third-order valence-electron chi connectivity index (χ3n) is 2.61. The number of hydrogen-bond donors (Lipinski definition) is 1. The molecule has 1 aliphatic rings. The molecule has 0 aromatic carbocycles. The molecule has 2 rings (SSSR count). The van der Waals surface area contributed by atoms with Gasteiger partial charge in [-0.1, -0.05) is 6.92 Å². The molecule has 17 heavy (non-hydrogen) atoms. The van der Waals surface area contributed by atoms with Crippen LogP contribution in [0.2, 0.25) is 0 Å². The molecule has 0 radical (unpaired) electrons. The zero-order valence-electron chi connectivity index (χ0n) is 9.50. The topological polar surface area (TPSA) is 85.3 Å². The zero-order valence-corrected chi connectivity index (χ0v) is 10.3. The molecule has 2 N–H and O–H groups in total. The number of hydrogen-bond acceptors (Lipinski definition) is 6. The molecule has 6 nitrogen and oxygen atoms in total. The van der Waals surface area contributed by atoms with Crippen molar-refractivity contribution in [3.63, 3.8) is 0 Å². The quantitative estimate of drug-likeness (QED) is 0.636. The second-order valence-electron chi connectivity index (χ2n) is 3.96. The second kappa shape index (κ2) is 4.79. The summed E-state index contributed by atoms with van der Waals surface area (Å²) >= 11 is 1.86. The lowest BCUT2D eigenvalue weighted by molar-refractivity contribution is -0.384. The van der Waals surface area contributed by atoms with E-state index in [1.807, 2.05) is 16.7 Å². The third kappa shape index (κ3) is 2.60. The van der Waals surface area contributed by atoms with Gasteiger partial charge in [-0.3, -0.25) is 10.1 Å². The summed E-state index contributed by atoms with van der Waals surface area (Å²) in [5.74, 6) is 1.66. The first-order valence-electron chi connectivity index (χ1n) is 5.35. The second-order valence-corrected chi connectivity index (χ2v) is 5.51. The van der Waals surface area contributed by atoms with Gasteiger partial charge in [0.1, 0.15) is 5.82 Å². The standard InChI is InChI=1S/C10H14N4O2S/c1-7-6-13(4-5-17-7)10-8(14(15)16)2-3-9(11)12-10/h2-3,7H,4-6H2,1H3,(H2,11,12). The van der Waals surface area contributed by atoms with Crippen molar-refractivity contribution < 1.29 is 4.92 Å². The normalized spacial score (nSPS) is 20.3. The van der Waals surface area contributed by atoms with Crippen molar-refractivity contribution in [2.75, 3.05) is 29.5 Å². The third-order valence-corrected chi connectivity index (χ3v) is 3.75. The van der Waals surface area contributed by atoms with E-state index >= 15 is 0 Å². The van der Waals surface area contributed by atoms with Crippen molar-refractivity contribution in [2.24, 2.45) is 0 Å². The molecular weight excluding hydrogens is 240 g/mol. The summed E-state index contributed by atoms with van der Waals surface area (Å²) in [5.41, 5.74) is 5.63. The number of thioether (sulfide) groups is 1. The molecule has 1 aliphatic heterocycles. The Kier molecular flexibility index (Phi) is 3.37. The summed E-state index contributed by atoms with van der Waals surface area (Å²) in [7, 11) is 0. The van der Waals surface area contributed by atoms with Gasteiger partial charge in [0.2, 0.25) is 5.82 Å². The minimum Gasteiger partial charge on any atom is -0.384 e. The zero-order chi connectivity index (χ0) is 12.4. The number of rotatable bonds is 2. The van der Waals surface area contributed by atoms with Gasteiger partial charge in [0.25, 0.3) is 0 Å². The van der Waals surface area contributed by atoms with Crippen molar-refractivity contribution in [3.8, 4) is 0 Å². The summed E-state index contributed by atoms with van der Waals surface area (Å²) in [6.07, 6.45) is 0. The smallest absolute Gasteiger partial charge is 0.311 e. The molecule has 1 fully saturated rings. The number of anilines is 2. The summed E-state index contributed by atoms with van der Waals surface area (Å²) in [5, 5.41) is 11.4. The Morgan fingerprint density at radius 1 is 1.65 bits per heavy atom. The van der Waals surface area contributed by atoms with Gasteiger partial charge in [-0.05, 0) is 6.07 Å².